The molecule has 26 heavy (non-hydrogen) atoms. The van der Waals surface area contributed by atoms with E-state index in [4.69, 9.17) is 11.6 Å². The largest absolute Gasteiger partial charge is 0.354 e. The predicted molar refractivity (Wildman–Crippen MR) is 101 cm³/mol. The third-order valence-electron chi connectivity index (χ3n) is 3.96. The molecule has 6 heteroatoms. The van der Waals surface area contributed by atoms with Gasteiger partial charge in [0.2, 0.25) is 11.8 Å². The molecule has 0 aromatic heterocycles. The van der Waals surface area contributed by atoms with Gasteiger partial charge in [0.05, 0.1) is 6.42 Å². The number of carbonyl (C=O) groups excluding carboxylic acids is 2. The maximum absolute atomic E-state index is 13.1. The highest BCUT2D eigenvalue weighted by Gasteiger charge is 2.10. The number of hydrogen-bond acceptors (Lipinski definition) is 2. The number of halogens is 2. The van der Waals surface area contributed by atoms with Crippen molar-refractivity contribution in [3.8, 4) is 0 Å². The van der Waals surface area contributed by atoms with Gasteiger partial charge in [-0.1, -0.05) is 35.9 Å². The summed E-state index contributed by atoms with van der Waals surface area (Å²) in [7, 11) is 0. The number of nitrogens with zero attached hydrogens (tertiary/aromatic N) is 1. The average molecular weight is 377 g/mol. The second-order valence-electron chi connectivity index (χ2n) is 6.04. The lowest BCUT2D eigenvalue weighted by molar-refractivity contribution is -0.129. The highest BCUT2D eigenvalue weighted by molar-refractivity contribution is 6.30. The van der Waals surface area contributed by atoms with Crippen LogP contribution < -0.4 is 5.32 Å². The maximum Gasteiger partial charge on any atom is 0.224 e. The zero-order valence-electron chi connectivity index (χ0n) is 14.7. The highest BCUT2D eigenvalue weighted by atomic mass is 35.5. The van der Waals surface area contributed by atoms with E-state index in [1.807, 2.05) is 24.3 Å². The summed E-state index contributed by atoms with van der Waals surface area (Å²) in [6.45, 7) is 2.83. The Bertz CT molecular complexity index is 767. The summed E-state index contributed by atoms with van der Waals surface area (Å²) in [5, 5.41) is 3.43. The average Bonchev–Trinajstić information content (AvgIpc) is 2.57. The smallest absolute Gasteiger partial charge is 0.224 e. The first-order valence-corrected chi connectivity index (χ1v) is 8.83. The molecule has 0 bridgehead atoms. The monoisotopic (exact) mass is 376 g/mol. The molecule has 1 N–H and O–H groups in total. The van der Waals surface area contributed by atoms with Gasteiger partial charge >= 0.3 is 0 Å². The molecule has 0 aliphatic heterocycles. The van der Waals surface area contributed by atoms with E-state index in [1.165, 1.54) is 19.1 Å². The SMILES string of the molecule is CC(=O)N(CCNC(=O)Cc1cccc(F)c1)CCc1cccc(Cl)c1. The molecule has 2 rings (SSSR count). The van der Waals surface area contributed by atoms with E-state index in [0.29, 0.717) is 36.6 Å². The van der Waals surface area contributed by atoms with Gasteiger partial charge < -0.3 is 10.2 Å². The predicted octanol–water partition coefficient (Wildman–Crippen LogP) is 3.23. The first kappa shape index (κ1) is 19.9. The minimum Gasteiger partial charge on any atom is -0.354 e. The molecular weight excluding hydrogens is 355 g/mol. The first-order chi connectivity index (χ1) is 12.4. The van der Waals surface area contributed by atoms with Crippen molar-refractivity contribution in [2.75, 3.05) is 19.6 Å². The Labute approximate surface area is 158 Å². The molecule has 0 fully saturated rings. The lowest BCUT2D eigenvalue weighted by atomic mass is 10.1. The van der Waals surface area contributed by atoms with Crippen LogP contribution in [0.25, 0.3) is 0 Å². The first-order valence-electron chi connectivity index (χ1n) is 8.45. The van der Waals surface area contributed by atoms with Crippen molar-refractivity contribution >= 4 is 23.4 Å². The van der Waals surface area contributed by atoms with E-state index in [0.717, 1.165) is 5.56 Å². The van der Waals surface area contributed by atoms with Crippen molar-refractivity contribution in [2.24, 2.45) is 0 Å². The fourth-order valence-electron chi connectivity index (χ4n) is 2.61. The lowest BCUT2D eigenvalue weighted by Crippen LogP contribution is -2.39. The van der Waals surface area contributed by atoms with E-state index in [9.17, 15) is 14.0 Å². The molecule has 138 valence electrons. The van der Waals surface area contributed by atoms with Crippen molar-refractivity contribution < 1.29 is 14.0 Å². The van der Waals surface area contributed by atoms with Crippen molar-refractivity contribution in [1.29, 1.82) is 0 Å². The summed E-state index contributed by atoms with van der Waals surface area (Å²) in [5.41, 5.74) is 1.67. The summed E-state index contributed by atoms with van der Waals surface area (Å²) in [4.78, 5) is 25.4. The van der Waals surface area contributed by atoms with Crippen LogP contribution in [0.2, 0.25) is 5.02 Å². The van der Waals surface area contributed by atoms with Gasteiger partial charge in [0.15, 0.2) is 0 Å². The van der Waals surface area contributed by atoms with E-state index >= 15 is 0 Å². The number of amides is 2. The molecule has 2 aromatic rings. The minimum atomic E-state index is -0.362. The molecule has 0 saturated carbocycles. The number of benzene rings is 2. The summed E-state index contributed by atoms with van der Waals surface area (Å²) in [5.74, 6) is -0.612. The Kier molecular flexibility index (Phi) is 7.60. The van der Waals surface area contributed by atoms with Gasteiger partial charge in [-0.2, -0.15) is 0 Å². The fourth-order valence-corrected chi connectivity index (χ4v) is 2.82. The number of nitrogens with one attached hydrogen (secondary N) is 1. The van der Waals surface area contributed by atoms with Crippen molar-refractivity contribution in [1.82, 2.24) is 10.2 Å². The Hall–Kier alpha value is -2.40. The molecule has 0 spiro atoms. The van der Waals surface area contributed by atoms with E-state index in [1.54, 1.807) is 17.0 Å². The quantitative estimate of drug-likeness (QED) is 0.769. The van der Waals surface area contributed by atoms with Gasteiger partial charge in [0.1, 0.15) is 5.82 Å². The highest BCUT2D eigenvalue weighted by Crippen LogP contribution is 2.11. The summed E-state index contributed by atoms with van der Waals surface area (Å²) < 4.78 is 13.1. The van der Waals surface area contributed by atoms with Gasteiger partial charge in [-0.05, 0) is 41.8 Å². The molecule has 0 aliphatic carbocycles. The third kappa shape index (κ3) is 6.84. The normalized spacial score (nSPS) is 10.4. The zero-order chi connectivity index (χ0) is 18.9. The molecule has 0 unspecified atom stereocenters. The van der Waals surface area contributed by atoms with Gasteiger partial charge in [-0.25, -0.2) is 4.39 Å². The molecule has 0 saturated heterocycles. The summed E-state index contributed by atoms with van der Waals surface area (Å²) in [6, 6.07) is 13.5. The molecule has 0 aliphatic rings. The third-order valence-corrected chi connectivity index (χ3v) is 4.20. The van der Waals surface area contributed by atoms with Crippen LogP contribution >= 0.6 is 11.6 Å². The molecule has 0 heterocycles. The second-order valence-corrected chi connectivity index (χ2v) is 6.48. The van der Waals surface area contributed by atoms with Crippen LogP contribution in [0.1, 0.15) is 18.1 Å². The summed E-state index contributed by atoms with van der Waals surface area (Å²) in [6.07, 6.45) is 0.803. The molecule has 2 aromatic carbocycles. The van der Waals surface area contributed by atoms with E-state index in [-0.39, 0.29) is 24.1 Å². The lowest BCUT2D eigenvalue weighted by Gasteiger charge is -2.21. The second kappa shape index (κ2) is 9.92. The Morgan fingerprint density at radius 1 is 1.08 bits per heavy atom. The summed E-state index contributed by atoms with van der Waals surface area (Å²) >= 11 is 5.97. The van der Waals surface area contributed by atoms with Crippen molar-refractivity contribution in [2.45, 2.75) is 19.8 Å². The van der Waals surface area contributed by atoms with Crippen LogP contribution in [0.15, 0.2) is 48.5 Å². The maximum atomic E-state index is 13.1. The van der Waals surface area contributed by atoms with Gasteiger partial charge in [-0.3, -0.25) is 9.59 Å². The van der Waals surface area contributed by atoms with Crippen molar-refractivity contribution in [3.05, 3.63) is 70.5 Å². The van der Waals surface area contributed by atoms with Crippen LogP contribution in [0.4, 0.5) is 4.39 Å². The Morgan fingerprint density at radius 2 is 1.81 bits per heavy atom. The Balaban J connectivity index is 1.77. The van der Waals surface area contributed by atoms with Gasteiger partial charge in [0, 0.05) is 31.6 Å². The number of hydrogen-bond donors (Lipinski definition) is 1. The number of rotatable bonds is 8. The van der Waals surface area contributed by atoms with Gasteiger partial charge in [0.25, 0.3) is 0 Å². The zero-order valence-corrected chi connectivity index (χ0v) is 15.4. The Morgan fingerprint density at radius 3 is 2.50 bits per heavy atom. The van der Waals surface area contributed by atoms with Crippen LogP contribution in [0, 0.1) is 5.82 Å². The van der Waals surface area contributed by atoms with E-state index < -0.39 is 0 Å². The van der Waals surface area contributed by atoms with Crippen LogP contribution in [0.5, 0.6) is 0 Å². The number of carbonyl (C=O) groups is 2. The fraction of sp³-hybridized carbons (Fsp3) is 0.300. The molecule has 0 radical (unpaired) electrons. The van der Waals surface area contributed by atoms with Crippen molar-refractivity contribution in [3.63, 3.8) is 0 Å². The molecule has 0 atom stereocenters. The standard InChI is InChI=1S/C20H22ClFN2O2/c1-15(25)24(10-8-16-4-2-6-18(21)12-16)11-9-23-20(26)14-17-5-3-7-19(22)13-17/h2-7,12-13H,8-11,14H2,1H3,(H,23,26). The van der Waals surface area contributed by atoms with E-state index in [2.05, 4.69) is 5.32 Å². The van der Waals surface area contributed by atoms with Crippen LogP contribution in [-0.2, 0) is 22.4 Å². The van der Waals surface area contributed by atoms with Crippen LogP contribution in [-0.4, -0.2) is 36.3 Å². The topological polar surface area (TPSA) is 49.4 Å². The van der Waals surface area contributed by atoms with Gasteiger partial charge in [-0.15, -0.1) is 0 Å². The molecule has 4 nitrogen and oxygen atoms in total. The molecular formula is C20H22ClFN2O2. The minimum absolute atomic E-state index is 0.0496. The van der Waals surface area contributed by atoms with Crippen LogP contribution in [0.3, 0.4) is 0 Å². The molecule has 2 amide bonds.